The van der Waals surface area contributed by atoms with Gasteiger partial charge in [0.15, 0.2) is 4.80 Å². The Labute approximate surface area is 126 Å². The summed E-state index contributed by atoms with van der Waals surface area (Å²) in [5, 5.41) is 9.61. The van der Waals surface area contributed by atoms with Crippen LogP contribution >= 0.6 is 11.3 Å². The van der Waals surface area contributed by atoms with Gasteiger partial charge in [0.25, 0.3) is 0 Å². The van der Waals surface area contributed by atoms with Gasteiger partial charge < -0.3 is 10.0 Å². The minimum atomic E-state index is -0.178. The predicted molar refractivity (Wildman–Crippen MR) is 81.8 cm³/mol. The van der Waals surface area contributed by atoms with Crippen molar-refractivity contribution >= 4 is 17.4 Å². The van der Waals surface area contributed by atoms with Crippen LogP contribution in [0, 0.1) is 6.92 Å². The maximum absolute atomic E-state index is 12.2. The number of hydrogen-bond donors (Lipinski definition) is 1. The van der Waals surface area contributed by atoms with Crippen molar-refractivity contribution in [2.24, 2.45) is 4.99 Å². The lowest BCUT2D eigenvalue weighted by molar-refractivity contribution is 0.218. The molecule has 1 aromatic heterocycles. The number of urea groups is 1. The second-order valence-electron chi connectivity index (χ2n) is 5.10. The summed E-state index contributed by atoms with van der Waals surface area (Å²) in [5.41, 5.74) is 0.798. The molecule has 5 nitrogen and oxygen atoms in total. The quantitative estimate of drug-likeness (QED) is 0.880. The molecule has 2 aromatic rings. The number of phenolic OH excluding ortho intramolecular Hbond substituents is 1. The Morgan fingerprint density at radius 2 is 2.10 bits per heavy atom. The number of likely N-dealkylation sites (tertiary alicyclic amines) is 1. The highest BCUT2D eigenvalue weighted by Gasteiger charge is 2.17. The normalized spacial score (nSPS) is 15.7. The van der Waals surface area contributed by atoms with Gasteiger partial charge in [0, 0.05) is 30.2 Å². The van der Waals surface area contributed by atoms with Crippen LogP contribution in [0.1, 0.15) is 17.7 Å². The van der Waals surface area contributed by atoms with E-state index < -0.39 is 0 Å². The van der Waals surface area contributed by atoms with E-state index in [1.54, 1.807) is 23.1 Å². The zero-order chi connectivity index (χ0) is 14.8. The fourth-order valence-corrected chi connectivity index (χ4v) is 3.25. The van der Waals surface area contributed by atoms with Crippen LogP contribution in [0.5, 0.6) is 5.75 Å². The monoisotopic (exact) mass is 303 g/mol. The molecule has 0 aliphatic carbocycles. The molecule has 0 unspecified atom stereocenters. The standard InChI is InChI=1S/C15H17N3O2S/c1-11-10-18(12-5-4-6-13(19)9-12)15(21-11)16-14(20)17-7-2-3-8-17/h4-6,9-10,19H,2-3,7-8H2,1H3/b16-15-. The SMILES string of the molecule is Cc1cn(-c2cccc(O)c2)/c(=N/C(=O)N2CCCC2)s1. The number of carbonyl (C=O) groups excluding carboxylic acids is 1. The summed E-state index contributed by atoms with van der Waals surface area (Å²) in [7, 11) is 0. The van der Waals surface area contributed by atoms with E-state index >= 15 is 0 Å². The zero-order valence-corrected chi connectivity index (χ0v) is 12.6. The van der Waals surface area contributed by atoms with Gasteiger partial charge in [-0.1, -0.05) is 6.07 Å². The van der Waals surface area contributed by atoms with Crippen LogP contribution in [0.25, 0.3) is 5.69 Å². The second-order valence-corrected chi connectivity index (χ2v) is 6.32. The van der Waals surface area contributed by atoms with Gasteiger partial charge in [-0.25, -0.2) is 4.79 Å². The van der Waals surface area contributed by atoms with E-state index in [9.17, 15) is 9.90 Å². The van der Waals surface area contributed by atoms with Crippen LogP contribution in [0.2, 0.25) is 0 Å². The summed E-state index contributed by atoms with van der Waals surface area (Å²) < 4.78 is 1.84. The molecule has 0 saturated carbocycles. The molecular formula is C15H17N3O2S. The topological polar surface area (TPSA) is 57.8 Å². The number of thiazole rings is 1. The van der Waals surface area contributed by atoms with Crippen LogP contribution < -0.4 is 4.80 Å². The van der Waals surface area contributed by atoms with E-state index in [0.29, 0.717) is 4.80 Å². The van der Waals surface area contributed by atoms with Crippen molar-refractivity contribution in [3.05, 3.63) is 40.1 Å². The van der Waals surface area contributed by atoms with Crippen molar-refractivity contribution in [1.82, 2.24) is 9.47 Å². The highest BCUT2D eigenvalue weighted by molar-refractivity contribution is 7.09. The summed E-state index contributed by atoms with van der Waals surface area (Å²) in [6.45, 7) is 3.56. The van der Waals surface area contributed by atoms with Crippen molar-refractivity contribution in [3.8, 4) is 11.4 Å². The van der Waals surface area contributed by atoms with Crippen LogP contribution in [0.3, 0.4) is 0 Å². The molecule has 1 aliphatic rings. The lowest BCUT2D eigenvalue weighted by atomic mass is 10.3. The van der Waals surface area contributed by atoms with E-state index in [4.69, 9.17) is 0 Å². The first-order valence-electron chi connectivity index (χ1n) is 6.95. The third-order valence-corrected chi connectivity index (χ3v) is 4.34. The van der Waals surface area contributed by atoms with Crippen molar-refractivity contribution in [1.29, 1.82) is 0 Å². The Bertz CT molecular complexity index is 727. The highest BCUT2D eigenvalue weighted by Crippen LogP contribution is 2.16. The third-order valence-electron chi connectivity index (χ3n) is 3.45. The van der Waals surface area contributed by atoms with E-state index in [1.807, 2.05) is 23.8 Å². The Hall–Kier alpha value is -2.08. The summed E-state index contributed by atoms with van der Waals surface area (Å²) >= 11 is 1.47. The van der Waals surface area contributed by atoms with Gasteiger partial charge in [-0.2, -0.15) is 4.99 Å². The fourth-order valence-electron chi connectivity index (χ4n) is 2.42. The number of carbonyl (C=O) groups is 1. The molecule has 0 bridgehead atoms. The van der Waals surface area contributed by atoms with Gasteiger partial charge in [0.1, 0.15) is 5.75 Å². The number of aromatic hydroxyl groups is 1. The highest BCUT2D eigenvalue weighted by atomic mass is 32.1. The van der Waals surface area contributed by atoms with Gasteiger partial charge in [-0.3, -0.25) is 4.57 Å². The molecule has 1 fully saturated rings. The summed E-state index contributed by atoms with van der Waals surface area (Å²) in [6.07, 6.45) is 4.03. The summed E-state index contributed by atoms with van der Waals surface area (Å²) in [4.78, 5) is 19.9. The maximum Gasteiger partial charge on any atom is 0.346 e. The van der Waals surface area contributed by atoms with Crippen LogP contribution in [0.4, 0.5) is 4.79 Å². The van der Waals surface area contributed by atoms with Crippen LogP contribution in [-0.4, -0.2) is 33.7 Å². The number of nitrogens with zero attached hydrogens (tertiary/aromatic N) is 3. The fraction of sp³-hybridized carbons (Fsp3) is 0.333. The van der Waals surface area contributed by atoms with E-state index in [2.05, 4.69) is 4.99 Å². The maximum atomic E-state index is 12.2. The lowest BCUT2D eigenvalue weighted by Crippen LogP contribution is -2.27. The number of aryl methyl sites for hydroxylation is 1. The molecule has 110 valence electrons. The molecule has 1 saturated heterocycles. The van der Waals surface area contributed by atoms with E-state index in [1.165, 1.54) is 11.3 Å². The van der Waals surface area contributed by atoms with Crippen LogP contribution in [0.15, 0.2) is 35.5 Å². The summed E-state index contributed by atoms with van der Waals surface area (Å²) in [6, 6.07) is 6.76. The first-order valence-corrected chi connectivity index (χ1v) is 7.77. The average Bonchev–Trinajstić information content (AvgIpc) is 3.08. The predicted octanol–water partition coefficient (Wildman–Crippen LogP) is 2.67. The average molecular weight is 303 g/mol. The van der Waals surface area contributed by atoms with Gasteiger partial charge in [0.2, 0.25) is 0 Å². The van der Waals surface area contributed by atoms with Gasteiger partial charge >= 0.3 is 6.03 Å². The second kappa shape index (κ2) is 5.73. The van der Waals surface area contributed by atoms with E-state index in [0.717, 1.165) is 36.5 Å². The number of benzene rings is 1. The molecule has 0 spiro atoms. The molecule has 0 radical (unpaired) electrons. The molecule has 0 atom stereocenters. The minimum absolute atomic E-state index is 0.178. The Morgan fingerprint density at radius 3 is 2.81 bits per heavy atom. The van der Waals surface area contributed by atoms with Gasteiger partial charge in [-0.15, -0.1) is 11.3 Å². The molecule has 6 heteroatoms. The van der Waals surface area contributed by atoms with Gasteiger partial charge in [0.05, 0.1) is 5.69 Å². The van der Waals surface area contributed by atoms with Crippen molar-refractivity contribution in [2.75, 3.05) is 13.1 Å². The molecule has 2 amide bonds. The van der Waals surface area contributed by atoms with E-state index in [-0.39, 0.29) is 11.8 Å². The van der Waals surface area contributed by atoms with Crippen molar-refractivity contribution in [3.63, 3.8) is 0 Å². The lowest BCUT2D eigenvalue weighted by Gasteiger charge is -2.10. The molecule has 3 rings (SSSR count). The Balaban J connectivity index is 2.01. The van der Waals surface area contributed by atoms with Crippen molar-refractivity contribution in [2.45, 2.75) is 19.8 Å². The van der Waals surface area contributed by atoms with Crippen molar-refractivity contribution < 1.29 is 9.90 Å². The van der Waals surface area contributed by atoms with Gasteiger partial charge in [-0.05, 0) is 31.9 Å². The molecular weight excluding hydrogens is 286 g/mol. The zero-order valence-electron chi connectivity index (χ0n) is 11.8. The molecule has 21 heavy (non-hydrogen) atoms. The molecule has 1 aromatic carbocycles. The van der Waals surface area contributed by atoms with Crippen LogP contribution in [-0.2, 0) is 0 Å². The third kappa shape index (κ3) is 3.00. The number of phenols is 1. The Morgan fingerprint density at radius 1 is 1.33 bits per heavy atom. The number of rotatable bonds is 1. The number of amides is 2. The Kier molecular flexibility index (Phi) is 3.79. The number of hydrogen-bond acceptors (Lipinski definition) is 3. The molecule has 2 heterocycles. The largest absolute Gasteiger partial charge is 0.508 e. The summed E-state index contributed by atoms with van der Waals surface area (Å²) in [5.74, 6) is 0.195. The first-order chi connectivity index (χ1) is 10.1. The number of aromatic nitrogens is 1. The molecule has 1 aliphatic heterocycles. The smallest absolute Gasteiger partial charge is 0.346 e. The first kappa shape index (κ1) is 13.9. The minimum Gasteiger partial charge on any atom is -0.508 e. The molecule has 1 N–H and O–H groups in total.